The lowest BCUT2D eigenvalue weighted by Crippen LogP contribution is -1.96. The number of hydrogen-bond acceptors (Lipinski definition) is 1. The van der Waals surface area contributed by atoms with Crippen LogP contribution in [0.5, 0.6) is 0 Å². The van der Waals surface area contributed by atoms with Crippen molar-refractivity contribution in [2.45, 2.75) is 19.8 Å². The van der Waals surface area contributed by atoms with E-state index in [1.807, 2.05) is 6.07 Å². The molecule has 0 N–H and O–H groups in total. The first-order valence-electron chi connectivity index (χ1n) is 6.02. The van der Waals surface area contributed by atoms with Gasteiger partial charge >= 0.3 is 0 Å². The molecule has 0 bridgehead atoms. The van der Waals surface area contributed by atoms with Gasteiger partial charge in [0.2, 0.25) is 0 Å². The van der Waals surface area contributed by atoms with E-state index < -0.39 is 0 Å². The molecule has 2 aromatic heterocycles. The fourth-order valence-electron chi connectivity index (χ4n) is 2.47. The Morgan fingerprint density at radius 3 is 2.59 bits per heavy atom. The zero-order valence-corrected chi connectivity index (χ0v) is 10.4. The molecular weight excluding hydrogens is 208 g/mol. The van der Waals surface area contributed by atoms with Gasteiger partial charge < -0.3 is 4.57 Å². The monoisotopic (exact) mass is 224 g/mol. The first kappa shape index (κ1) is 10.3. The van der Waals surface area contributed by atoms with Crippen molar-refractivity contribution < 1.29 is 0 Å². The van der Waals surface area contributed by atoms with Gasteiger partial charge in [0, 0.05) is 24.0 Å². The molecule has 3 rings (SSSR count). The number of rotatable bonds is 1. The van der Waals surface area contributed by atoms with Crippen LogP contribution < -0.4 is 0 Å². The van der Waals surface area contributed by atoms with Crippen LogP contribution in [0, 0.1) is 0 Å². The third-order valence-electron chi connectivity index (χ3n) is 3.30. The summed E-state index contributed by atoms with van der Waals surface area (Å²) >= 11 is 0. The Hall–Kier alpha value is -1.83. The third-order valence-corrected chi connectivity index (χ3v) is 3.30. The van der Waals surface area contributed by atoms with E-state index in [1.165, 1.54) is 22.0 Å². The van der Waals surface area contributed by atoms with Crippen molar-refractivity contribution >= 4 is 21.8 Å². The number of hydrogen-bond donors (Lipinski definition) is 0. The second-order valence-electron chi connectivity index (χ2n) is 4.86. The van der Waals surface area contributed by atoms with Crippen LogP contribution in [0.15, 0.2) is 36.5 Å². The Kier molecular flexibility index (Phi) is 2.18. The summed E-state index contributed by atoms with van der Waals surface area (Å²) in [6.45, 7) is 4.40. The minimum absolute atomic E-state index is 0.449. The Labute approximate surface area is 101 Å². The van der Waals surface area contributed by atoms with E-state index in [9.17, 15) is 0 Å². The summed E-state index contributed by atoms with van der Waals surface area (Å²) in [7, 11) is 2.10. The average Bonchev–Trinajstić information content (AvgIpc) is 2.71. The maximum absolute atomic E-state index is 4.80. The number of pyridine rings is 1. The molecular formula is C15H16N2. The van der Waals surface area contributed by atoms with Gasteiger partial charge in [-0.1, -0.05) is 32.0 Å². The molecule has 1 aromatic carbocycles. The topological polar surface area (TPSA) is 17.8 Å². The summed E-state index contributed by atoms with van der Waals surface area (Å²) < 4.78 is 2.19. The third kappa shape index (κ3) is 1.44. The first-order valence-corrected chi connectivity index (χ1v) is 6.02. The van der Waals surface area contributed by atoms with Gasteiger partial charge in [0.05, 0.1) is 16.7 Å². The van der Waals surface area contributed by atoms with Crippen LogP contribution in [0.1, 0.15) is 25.5 Å². The van der Waals surface area contributed by atoms with E-state index in [1.54, 1.807) is 0 Å². The van der Waals surface area contributed by atoms with Crippen molar-refractivity contribution in [3.8, 4) is 0 Å². The molecule has 0 spiro atoms. The fourth-order valence-corrected chi connectivity index (χ4v) is 2.47. The van der Waals surface area contributed by atoms with Crippen molar-refractivity contribution in [1.82, 2.24) is 9.55 Å². The van der Waals surface area contributed by atoms with Gasteiger partial charge in [-0.25, -0.2) is 0 Å². The molecule has 0 saturated carbocycles. The van der Waals surface area contributed by atoms with E-state index in [0.29, 0.717) is 5.92 Å². The lowest BCUT2D eigenvalue weighted by atomic mass is 10.0. The molecule has 86 valence electrons. The normalized spacial score (nSPS) is 11.8. The van der Waals surface area contributed by atoms with Crippen LogP contribution in [0.4, 0.5) is 0 Å². The summed E-state index contributed by atoms with van der Waals surface area (Å²) in [6.07, 6.45) is 2.12. The van der Waals surface area contributed by atoms with Gasteiger partial charge in [0.15, 0.2) is 0 Å². The quantitative estimate of drug-likeness (QED) is 0.614. The largest absolute Gasteiger partial charge is 0.350 e. The molecule has 2 nitrogen and oxygen atoms in total. The van der Waals surface area contributed by atoms with Gasteiger partial charge in [0.25, 0.3) is 0 Å². The average molecular weight is 224 g/mol. The maximum atomic E-state index is 4.80. The second kappa shape index (κ2) is 3.59. The number of fused-ring (bicyclic) bond motifs is 3. The number of benzene rings is 1. The Bertz CT molecular complexity index is 693. The van der Waals surface area contributed by atoms with Crippen molar-refractivity contribution in [1.29, 1.82) is 0 Å². The number of aromatic nitrogens is 2. The highest BCUT2D eigenvalue weighted by Crippen LogP contribution is 2.30. The van der Waals surface area contributed by atoms with Crippen molar-refractivity contribution in [3.05, 3.63) is 42.2 Å². The molecule has 2 heterocycles. The van der Waals surface area contributed by atoms with Crippen LogP contribution in [0.3, 0.4) is 0 Å². The Balaban J connectivity index is 2.57. The van der Waals surface area contributed by atoms with Crippen LogP contribution >= 0.6 is 0 Å². The molecule has 17 heavy (non-hydrogen) atoms. The Morgan fingerprint density at radius 2 is 1.82 bits per heavy atom. The highest BCUT2D eigenvalue weighted by Gasteiger charge is 2.12. The Morgan fingerprint density at radius 1 is 1.06 bits per heavy atom. The van der Waals surface area contributed by atoms with Crippen molar-refractivity contribution in [2.24, 2.45) is 7.05 Å². The summed E-state index contributed by atoms with van der Waals surface area (Å²) in [6, 6.07) is 10.5. The van der Waals surface area contributed by atoms with Crippen LogP contribution in [0.2, 0.25) is 0 Å². The maximum Gasteiger partial charge on any atom is 0.0726 e. The predicted molar refractivity (Wildman–Crippen MR) is 72.3 cm³/mol. The predicted octanol–water partition coefficient (Wildman–Crippen LogP) is 3.85. The first-order chi connectivity index (χ1) is 8.18. The van der Waals surface area contributed by atoms with E-state index in [0.717, 1.165) is 5.52 Å². The molecule has 0 fully saturated rings. The summed E-state index contributed by atoms with van der Waals surface area (Å²) in [5, 5.41) is 2.51. The van der Waals surface area contributed by atoms with Crippen LogP contribution in [0.25, 0.3) is 21.8 Å². The van der Waals surface area contributed by atoms with E-state index in [2.05, 4.69) is 55.9 Å². The minimum atomic E-state index is 0.449. The highest BCUT2D eigenvalue weighted by molar-refractivity contribution is 6.05. The number of para-hydroxylation sites is 1. The molecule has 0 unspecified atom stereocenters. The molecule has 0 saturated heterocycles. The number of aryl methyl sites for hydroxylation is 1. The molecule has 0 atom stereocenters. The lowest BCUT2D eigenvalue weighted by Gasteiger charge is -2.10. The van der Waals surface area contributed by atoms with Gasteiger partial charge in [0.1, 0.15) is 0 Å². The summed E-state index contributed by atoms with van der Waals surface area (Å²) in [5.74, 6) is 0.449. The molecule has 0 radical (unpaired) electrons. The SMILES string of the molecule is CC(C)c1nc2ccccc2c2c1ccn2C. The second-order valence-corrected chi connectivity index (χ2v) is 4.86. The smallest absolute Gasteiger partial charge is 0.0726 e. The lowest BCUT2D eigenvalue weighted by molar-refractivity contribution is 0.840. The molecule has 0 aliphatic carbocycles. The van der Waals surface area contributed by atoms with Crippen LogP contribution in [-0.4, -0.2) is 9.55 Å². The highest BCUT2D eigenvalue weighted by atomic mass is 14.9. The van der Waals surface area contributed by atoms with E-state index >= 15 is 0 Å². The van der Waals surface area contributed by atoms with Gasteiger partial charge in [-0.15, -0.1) is 0 Å². The van der Waals surface area contributed by atoms with Crippen molar-refractivity contribution in [3.63, 3.8) is 0 Å². The van der Waals surface area contributed by atoms with Crippen molar-refractivity contribution in [2.75, 3.05) is 0 Å². The fraction of sp³-hybridized carbons (Fsp3) is 0.267. The zero-order chi connectivity index (χ0) is 12.0. The van der Waals surface area contributed by atoms with Crippen LogP contribution in [-0.2, 0) is 7.05 Å². The zero-order valence-electron chi connectivity index (χ0n) is 10.4. The van der Waals surface area contributed by atoms with Gasteiger partial charge in [-0.05, 0) is 18.1 Å². The molecule has 0 aliphatic rings. The molecule has 3 aromatic rings. The van der Waals surface area contributed by atoms with E-state index in [-0.39, 0.29) is 0 Å². The number of nitrogens with zero attached hydrogens (tertiary/aromatic N) is 2. The molecule has 2 heteroatoms. The summed E-state index contributed by atoms with van der Waals surface area (Å²) in [4.78, 5) is 4.80. The molecule has 0 amide bonds. The summed E-state index contributed by atoms with van der Waals surface area (Å²) in [5.41, 5.74) is 3.57. The minimum Gasteiger partial charge on any atom is -0.350 e. The molecule has 0 aliphatic heterocycles. The van der Waals surface area contributed by atoms with E-state index in [4.69, 9.17) is 4.98 Å². The standard InChI is InChI=1S/C15H16N2/c1-10(2)14-12-8-9-17(3)15(12)11-6-4-5-7-13(11)16-14/h4-10H,1-3H3. The van der Waals surface area contributed by atoms with Gasteiger partial charge in [-0.3, -0.25) is 4.98 Å². The van der Waals surface area contributed by atoms with Gasteiger partial charge in [-0.2, -0.15) is 0 Å².